The van der Waals surface area contributed by atoms with Crippen molar-refractivity contribution in [2.45, 2.75) is 4.90 Å². The zero-order chi connectivity index (χ0) is 17.2. The number of ether oxygens (including phenoxy) is 1. The fourth-order valence-electron chi connectivity index (χ4n) is 2.27. The van der Waals surface area contributed by atoms with E-state index in [0.29, 0.717) is 0 Å². The standard InChI is InChI=1S/C18H14O5S/c1-22-18(19)14-7-10-17(11-8-14)24(20,21)23-16-9-6-13-4-2-3-5-15(13)12-16/h2-12H,1H3. The Bertz CT molecular complexity index is 991. The lowest BCUT2D eigenvalue weighted by atomic mass is 10.1. The first-order valence-corrected chi connectivity index (χ1v) is 8.52. The van der Waals surface area contributed by atoms with Gasteiger partial charge in [-0.1, -0.05) is 30.3 Å². The first-order chi connectivity index (χ1) is 11.5. The lowest BCUT2D eigenvalue weighted by Crippen LogP contribution is -2.10. The smallest absolute Gasteiger partial charge is 0.339 e. The molecule has 24 heavy (non-hydrogen) atoms. The van der Waals surface area contributed by atoms with E-state index in [0.717, 1.165) is 10.8 Å². The molecule has 0 heterocycles. The summed E-state index contributed by atoms with van der Waals surface area (Å²) in [6.45, 7) is 0. The minimum Gasteiger partial charge on any atom is -0.465 e. The van der Waals surface area contributed by atoms with Crippen LogP contribution in [0.3, 0.4) is 0 Å². The van der Waals surface area contributed by atoms with Crippen molar-refractivity contribution in [1.29, 1.82) is 0 Å². The van der Waals surface area contributed by atoms with Crippen molar-refractivity contribution in [2.24, 2.45) is 0 Å². The monoisotopic (exact) mass is 342 g/mol. The van der Waals surface area contributed by atoms with Gasteiger partial charge in [0.2, 0.25) is 0 Å². The molecule has 0 aromatic heterocycles. The average molecular weight is 342 g/mol. The molecule has 0 spiro atoms. The number of fused-ring (bicyclic) bond motifs is 1. The number of rotatable bonds is 4. The van der Waals surface area contributed by atoms with Crippen molar-refractivity contribution in [3.63, 3.8) is 0 Å². The van der Waals surface area contributed by atoms with Crippen LogP contribution in [-0.2, 0) is 14.9 Å². The molecule has 3 rings (SSSR count). The number of carbonyl (C=O) groups is 1. The highest BCUT2D eigenvalue weighted by Crippen LogP contribution is 2.24. The van der Waals surface area contributed by atoms with Crippen molar-refractivity contribution < 1.29 is 22.1 Å². The van der Waals surface area contributed by atoms with Crippen LogP contribution in [0.5, 0.6) is 5.75 Å². The number of hydrogen-bond acceptors (Lipinski definition) is 5. The maximum absolute atomic E-state index is 12.3. The highest BCUT2D eigenvalue weighted by Gasteiger charge is 2.17. The van der Waals surface area contributed by atoms with Gasteiger partial charge in [0.15, 0.2) is 0 Å². The van der Waals surface area contributed by atoms with Gasteiger partial charge < -0.3 is 8.92 Å². The van der Waals surface area contributed by atoms with Gasteiger partial charge in [-0.2, -0.15) is 8.42 Å². The summed E-state index contributed by atoms with van der Waals surface area (Å²) in [5.41, 5.74) is 0.266. The van der Waals surface area contributed by atoms with Gasteiger partial charge in [-0.05, 0) is 47.2 Å². The molecule has 0 amide bonds. The zero-order valence-corrected chi connectivity index (χ0v) is 13.6. The van der Waals surface area contributed by atoms with Crippen LogP contribution in [0.2, 0.25) is 0 Å². The molecule has 0 saturated carbocycles. The molecule has 6 heteroatoms. The van der Waals surface area contributed by atoms with Gasteiger partial charge in [0, 0.05) is 0 Å². The normalized spacial score (nSPS) is 11.2. The summed E-state index contributed by atoms with van der Waals surface area (Å²) in [6.07, 6.45) is 0. The van der Waals surface area contributed by atoms with Gasteiger partial charge in [-0.15, -0.1) is 0 Å². The largest absolute Gasteiger partial charge is 0.465 e. The molecule has 3 aromatic carbocycles. The van der Waals surface area contributed by atoms with E-state index >= 15 is 0 Å². The van der Waals surface area contributed by atoms with Crippen molar-refractivity contribution in [2.75, 3.05) is 7.11 Å². The molecular weight excluding hydrogens is 328 g/mol. The van der Waals surface area contributed by atoms with Crippen LogP contribution >= 0.6 is 0 Å². The maximum Gasteiger partial charge on any atom is 0.339 e. The third-order valence-corrected chi connectivity index (χ3v) is 4.75. The second kappa shape index (κ2) is 6.33. The lowest BCUT2D eigenvalue weighted by molar-refractivity contribution is 0.0600. The fourth-order valence-corrected chi connectivity index (χ4v) is 3.19. The lowest BCUT2D eigenvalue weighted by Gasteiger charge is -2.08. The molecule has 0 aliphatic heterocycles. The Balaban J connectivity index is 1.88. The van der Waals surface area contributed by atoms with Gasteiger partial charge in [0.05, 0.1) is 12.7 Å². The first kappa shape index (κ1) is 16.0. The van der Waals surface area contributed by atoms with E-state index in [2.05, 4.69) is 4.74 Å². The Morgan fingerprint density at radius 2 is 1.54 bits per heavy atom. The highest BCUT2D eigenvalue weighted by molar-refractivity contribution is 7.87. The van der Waals surface area contributed by atoms with Crippen molar-refractivity contribution in [3.8, 4) is 5.75 Å². The Labute approximate surface area is 139 Å². The SMILES string of the molecule is COC(=O)c1ccc(S(=O)(=O)Oc2ccc3ccccc3c2)cc1. The number of hydrogen-bond donors (Lipinski definition) is 0. The molecule has 0 saturated heterocycles. The summed E-state index contributed by atoms with van der Waals surface area (Å²) >= 11 is 0. The topological polar surface area (TPSA) is 69.7 Å². The molecular formula is C18H14O5S. The van der Waals surface area contributed by atoms with Gasteiger partial charge >= 0.3 is 16.1 Å². The minimum atomic E-state index is -3.98. The fraction of sp³-hybridized carbons (Fsp3) is 0.0556. The van der Waals surface area contributed by atoms with Gasteiger partial charge in [0.1, 0.15) is 10.6 Å². The molecule has 0 aliphatic rings. The van der Waals surface area contributed by atoms with E-state index in [9.17, 15) is 13.2 Å². The van der Waals surface area contributed by atoms with Crippen LogP contribution in [0.4, 0.5) is 0 Å². The third kappa shape index (κ3) is 3.23. The summed E-state index contributed by atoms with van der Waals surface area (Å²) in [5, 5.41) is 1.87. The predicted molar refractivity (Wildman–Crippen MR) is 89.5 cm³/mol. The number of esters is 1. The molecule has 0 bridgehead atoms. The Morgan fingerprint density at radius 1 is 0.875 bits per heavy atom. The van der Waals surface area contributed by atoms with Crippen LogP contribution in [0.1, 0.15) is 10.4 Å². The van der Waals surface area contributed by atoms with Crippen molar-refractivity contribution in [3.05, 3.63) is 72.3 Å². The average Bonchev–Trinajstić information content (AvgIpc) is 2.60. The van der Waals surface area contributed by atoms with Crippen LogP contribution in [0, 0.1) is 0 Å². The number of benzene rings is 3. The van der Waals surface area contributed by atoms with E-state index in [1.54, 1.807) is 18.2 Å². The van der Waals surface area contributed by atoms with Crippen LogP contribution in [-0.4, -0.2) is 21.5 Å². The van der Waals surface area contributed by atoms with Gasteiger partial charge in [-0.25, -0.2) is 4.79 Å². The maximum atomic E-state index is 12.3. The summed E-state index contributed by atoms with van der Waals surface area (Å²) in [6, 6.07) is 18.0. The van der Waals surface area contributed by atoms with Crippen LogP contribution in [0.25, 0.3) is 10.8 Å². The molecule has 0 radical (unpaired) electrons. The van der Waals surface area contributed by atoms with E-state index in [4.69, 9.17) is 4.18 Å². The molecule has 5 nitrogen and oxygen atoms in total. The van der Waals surface area contributed by atoms with E-state index in [-0.39, 0.29) is 16.2 Å². The molecule has 122 valence electrons. The third-order valence-electron chi connectivity index (χ3n) is 3.49. The van der Waals surface area contributed by atoms with E-state index in [1.165, 1.54) is 31.4 Å². The Hall–Kier alpha value is -2.86. The van der Waals surface area contributed by atoms with Crippen molar-refractivity contribution in [1.82, 2.24) is 0 Å². The quantitative estimate of drug-likeness (QED) is 0.537. The van der Waals surface area contributed by atoms with E-state index in [1.807, 2.05) is 24.3 Å². The molecule has 0 N–H and O–H groups in total. The number of carbonyl (C=O) groups excluding carboxylic acids is 1. The zero-order valence-electron chi connectivity index (χ0n) is 12.8. The predicted octanol–water partition coefficient (Wildman–Crippen LogP) is 3.39. The molecule has 0 fully saturated rings. The Kier molecular flexibility index (Phi) is 4.22. The van der Waals surface area contributed by atoms with Crippen molar-refractivity contribution >= 4 is 26.9 Å². The summed E-state index contributed by atoms with van der Waals surface area (Å²) < 4.78 is 34.5. The van der Waals surface area contributed by atoms with E-state index < -0.39 is 16.1 Å². The summed E-state index contributed by atoms with van der Waals surface area (Å²) in [5.74, 6) is -0.305. The molecule has 0 atom stereocenters. The highest BCUT2D eigenvalue weighted by atomic mass is 32.2. The minimum absolute atomic E-state index is 0.0386. The summed E-state index contributed by atoms with van der Waals surface area (Å²) in [7, 11) is -2.72. The second-order valence-corrected chi connectivity index (χ2v) is 6.61. The molecule has 0 unspecified atom stereocenters. The van der Waals surface area contributed by atoms with Crippen LogP contribution < -0.4 is 4.18 Å². The number of methoxy groups -OCH3 is 1. The first-order valence-electron chi connectivity index (χ1n) is 7.11. The second-order valence-electron chi connectivity index (χ2n) is 5.06. The van der Waals surface area contributed by atoms with Crippen LogP contribution in [0.15, 0.2) is 71.6 Å². The van der Waals surface area contributed by atoms with Gasteiger partial charge in [0.25, 0.3) is 0 Å². The Morgan fingerprint density at radius 3 is 2.21 bits per heavy atom. The molecule has 0 aliphatic carbocycles. The summed E-state index contributed by atoms with van der Waals surface area (Å²) in [4.78, 5) is 11.3. The molecule has 3 aromatic rings. The van der Waals surface area contributed by atoms with Gasteiger partial charge in [-0.3, -0.25) is 0 Å².